The zero-order valence-corrected chi connectivity index (χ0v) is 16.4. The van der Waals surface area contributed by atoms with Gasteiger partial charge in [0.05, 0.1) is 30.4 Å². The van der Waals surface area contributed by atoms with Crippen LogP contribution >= 0.6 is 0 Å². The maximum atomic E-state index is 12.3. The number of carbonyl (C=O) groups is 1. The Labute approximate surface area is 168 Å². The second-order valence-corrected chi connectivity index (χ2v) is 6.79. The number of nitrogen functional groups attached to an aromatic ring is 1. The topological polar surface area (TPSA) is 120 Å². The fourth-order valence-electron chi connectivity index (χ4n) is 3.43. The minimum atomic E-state index is -0.545. The first-order valence-corrected chi connectivity index (χ1v) is 9.21. The number of nitro groups is 1. The van der Waals surface area contributed by atoms with E-state index in [9.17, 15) is 14.9 Å². The second kappa shape index (κ2) is 8.78. The molecule has 0 saturated heterocycles. The van der Waals surface area contributed by atoms with Crippen molar-refractivity contribution in [3.8, 4) is 11.5 Å². The predicted octanol–water partition coefficient (Wildman–Crippen LogP) is 1.98. The molecule has 1 heterocycles. The molecule has 3 N–H and O–H groups in total. The average Bonchev–Trinajstić information content (AvgIpc) is 2.72. The van der Waals surface area contributed by atoms with E-state index in [0.29, 0.717) is 18.8 Å². The molecule has 0 spiro atoms. The van der Waals surface area contributed by atoms with Gasteiger partial charge in [0.25, 0.3) is 11.6 Å². The Kier molecular flexibility index (Phi) is 6.18. The van der Waals surface area contributed by atoms with Gasteiger partial charge < -0.3 is 20.5 Å². The Morgan fingerprint density at radius 3 is 2.52 bits per heavy atom. The van der Waals surface area contributed by atoms with Crippen LogP contribution in [-0.2, 0) is 13.0 Å². The molecule has 9 heteroatoms. The average molecular weight is 400 g/mol. The highest BCUT2D eigenvalue weighted by Crippen LogP contribution is 2.33. The van der Waals surface area contributed by atoms with Crippen molar-refractivity contribution in [2.75, 3.05) is 39.6 Å². The Hall–Kier alpha value is -3.33. The molecule has 0 aromatic heterocycles. The Morgan fingerprint density at radius 1 is 1.21 bits per heavy atom. The van der Waals surface area contributed by atoms with E-state index in [2.05, 4.69) is 10.2 Å². The maximum Gasteiger partial charge on any atom is 0.271 e. The third-order valence-corrected chi connectivity index (χ3v) is 5.00. The monoisotopic (exact) mass is 400 g/mol. The molecular formula is C20H24N4O5. The first-order valence-electron chi connectivity index (χ1n) is 9.21. The molecule has 0 unspecified atom stereocenters. The number of fused-ring (bicyclic) bond motifs is 1. The van der Waals surface area contributed by atoms with Gasteiger partial charge in [-0.3, -0.25) is 19.8 Å². The van der Waals surface area contributed by atoms with Gasteiger partial charge in [-0.15, -0.1) is 0 Å². The lowest BCUT2D eigenvalue weighted by molar-refractivity contribution is -0.384. The number of benzene rings is 2. The number of amides is 1. The summed E-state index contributed by atoms with van der Waals surface area (Å²) in [4.78, 5) is 24.8. The van der Waals surface area contributed by atoms with Gasteiger partial charge in [0.15, 0.2) is 11.5 Å². The molecule has 0 radical (unpaired) electrons. The Morgan fingerprint density at radius 2 is 1.90 bits per heavy atom. The van der Waals surface area contributed by atoms with E-state index in [1.807, 2.05) is 12.1 Å². The number of anilines is 1. The number of hydrogen-bond acceptors (Lipinski definition) is 7. The highest BCUT2D eigenvalue weighted by atomic mass is 16.6. The smallest absolute Gasteiger partial charge is 0.271 e. The van der Waals surface area contributed by atoms with Crippen LogP contribution in [0.4, 0.5) is 11.4 Å². The number of nitrogens with two attached hydrogens (primary N) is 1. The van der Waals surface area contributed by atoms with E-state index in [1.54, 1.807) is 14.2 Å². The second-order valence-electron chi connectivity index (χ2n) is 6.79. The van der Waals surface area contributed by atoms with Crippen molar-refractivity contribution < 1.29 is 19.2 Å². The molecule has 2 aromatic rings. The lowest BCUT2D eigenvalue weighted by Crippen LogP contribution is -2.38. The molecular weight excluding hydrogens is 376 g/mol. The third-order valence-electron chi connectivity index (χ3n) is 5.00. The van der Waals surface area contributed by atoms with E-state index < -0.39 is 4.92 Å². The molecule has 0 atom stereocenters. The molecule has 0 aliphatic carbocycles. The molecule has 1 amide bonds. The number of carbonyl (C=O) groups excluding carboxylic acids is 1. The number of nitro benzene ring substituents is 1. The number of methoxy groups -OCH3 is 2. The standard InChI is InChI=1S/C20H24N4O5/c1-28-18-9-13-5-7-23(12-14(13)10-19(18)29-2)8-6-22-20(25)16-4-3-15(24(26)27)11-17(16)21/h3-4,9-11H,5-8,12,21H2,1-2H3,(H,22,25). The largest absolute Gasteiger partial charge is 0.493 e. The summed E-state index contributed by atoms with van der Waals surface area (Å²) in [7, 11) is 3.24. The normalized spacial score (nSPS) is 13.4. The van der Waals surface area contributed by atoms with E-state index in [1.165, 1.54) is 29.3 Å². The number of rotatable bonds is 7. The molecule has 154 valence electrons. The fourth-order valence-corrected chi connectivity index (χ4v) is 3.43. The van der Waals surface area contributed by atoms with Crippen molar-refractivity contribution in [1.82, 2.24) is 10.2 Å². The van der Waals surface area contributed by atoms with Crippen LogP contribution in [0.1, 0.15) is 21.5 Å². The van der Waals surface area contributed by atoms with E-state index in [-0.39, 0.29) is 22.8 Å². The van der Waals surface area contributed by atoms with Crippen LogP contribution in [0.15, 0.2) is 30.3 Å². The van der Waals surface area contributed by atoms with Crippen molar-refractivity contribution in [2.24, 2.45) is 0 Å². The zero-order valence-electron chi connectivity index (χ0n) is 16.4. The van der Waals surface area contributed by atoms with E-state index in [0.717, 1.165) is 25.3 Å². The summed E-state index contributed by atoms with van der Waals surface area (Å²) in [6, 6.07) is 7.85. The first-order chi connectivity index (χ1) is 13.9. The number of hydrogen-bond donors (Lipinski definition) is 2. The summed E-state index contributed by atoms with van der Waals surface area (Å²) in [6.45, 7) is 2.74. The van der Waals surface area contributed by atoms with Crippen molar-refractivity contribution in [3.63, 3.8) is 0 Å². The van der Waals surface area contributed by atoms with Crippen LogP contribution in [0.3, 0.4) is 0 Å². The van der Waals surface area contributed by atoms with E-state index in [4.69, 9.17) is 15.2 Å². The SMILES string of the molecule is COc1cc2c(cc1OC)CN(CCNC(=O)c1ccc([N+](=O)[O-])cc1N)CC2. The third kappa shape index (κ3) is 4.57. The lowest BCUT2D eigenvalue weighted by Gasteiger charge is -2.29. The summed E-state index contributed by atoms with van der Waals surface area (Å²) in [6.07, 6.45) is 0.888. The first kappa shape index (κ1) is 20.4. The maximum absolute atomic E-state index is 12.3. The quantitative estimate of drug-likeness (QED) is 0.414. The number of nitrogens with zero attached hydrogens (tertiary/aromatic N) is 2. The van der Waals surface area contributed by atoms with Crippen molar-refractivity contribution in [1.29, 1.82) is 0 Å². The molecule has 0 fully saturated rings. The van der Waals surface area contributed by atoms with Crippen molar-refractivity contribution >= 4 is 17.3 Å². The molecule has 1 aliphatic heterocycles. The summed E-state index contributed by atoms with van der Waals surface area (Å²) in [5.74, 6) is 1.09. The summed E-state index contributed by atoms with van der Waals surface area (Å²) in [5.41, 5.74) is 8.38. The van der Waals surface area contributed by atoms with Crippen LogP contribution in [-0.4, -0.2) is 49.6 Å². The minimum absolute atomic E-state index is 0.0876. The van der Waals surface area contributed by atoms with Crippen LogP contribution < -0.4 is 20.5 Å². The number of non-ortho nitro benzene ring substituents is 1. The van der Waals surface area contributed by atoms with Crippen LogP contribution in [0.5, 0.6) is 11.5 Å². The predicted molar refractivity (Wildman–Crippen MR) is 108 cm³/mol. The molecule has 0 saturated carbocycles. The highest BCUT2D eigenvalue weighted by molar-refractivity contribution is 5.99. The van der Waals surface area contributed by atoms with Crippen LogP contribution in [0.25, 0.3) is 0 Å². The van der Waals surface area contributed by atoms with Crippen LogP contribution in [0, 0.1) is 10.1 Å². The molecule has 0 bridgehead atoms. The van der Waals surface area contributed by atoms with Gasteiger partial charge in [-0.25, -0.2) is 0 Å². The van der Waals surface area contributed by atoms with Gasteiger partial charge in [-0.1, -0.05) is 0 Å². The summed E-state index contributed by atoms with van der Waals surface area (Å²) in [5, 5.41) is 13.6. The van der Waals surface area contributed by atoms with Gasteiger partial charge in [0.2, 0.25) is 0 Å². The fraction of sp³-hybridized carbons (Fsp3) is 0.350. The number of nitrogens with one attached hydrogen (secondary N) is 1. The van der Waals surface area contributed by atoms with Gasteiger partial charge >= 0.3 is 0 Å². The van der Waals surface area contributed by atoms with Crippen LogP contribution in [0.2, 0.25) is 0 Å². The van der Waals surface area contributed by atoms with Gasteiger partial charge in [0.1, 0.15) is 0 Å². The van der Waals surface area contributed by atoms with Gasteiger partial charge in [-0.05, 0) is 35.7 Å². The lowest BCUT2D eigenvalue weighted by atomic mass is 9.99. The minimum Gasteiger partial charge on any atom is -0.493 e. The van der Waals surface area contributed by atoms with Gasteiger partial charge in [-0.2, -0.15) is 0 Å². The molecule has 1 aliphatic rings. The molecule has 29 heavy (non-hydrogen) atoms. The number of ether oxygens (including phenoxy) is 2. The van der Waals surface area contributed by atoms with Crippen molar-refractivity contribution in [3.05, 3.63) is 57.1 Å². The van der Waals surface area contributed by atoms with Crippen molar-refractivity contribution in [2.45, 2.75) is 13.0 Å². The Bertz CT molecular complexity index is 931. The van der Waals surface area contributed by atoms with E-state index >= 15 is 0 Å². The molecule has 9 nitrogen and oxygen atoms in total. The van der Waals surface area contributed by atoms with Gasteiger partial charge in [0, 0.05) is 38.3 Å². The Balaban J connectivity index is 1.56. The summed E-state index contributed by atoms with van der Waals surface area (Å²) < 4.78 is 10.7. The molecule has 2 aromatic carbocycles. The zero-order chi connectivity index (χ0) is 21.0. The highest BCUT2D eigenvalue weighted by Gasteiger charge is 2.20. The molecule has 3 rings (SSSR count). The summed E-state index contributed by atoms with van der Waals surface area (Å²) >= 11 is 0.